The lowest BCUT2D eigenvalue weighted by Crippen LogP contribution is -2.40. The number of aliphatic hydroxyl groups is 1. The summed E-state index contributed by atoms with van der Waals surface area (Å²) in [5.41, 5.74) is 1.49. The van der Waals surface area contributed by atoms with Gasteiger partial charge >= 0.3 is 0 Å². The van der Waals surface area contributed by atoms with Crippen molar-refractivity contribution >= 4 is 11.8 Å². The quantitative estimate of drug-likeness (QED) is 0.844. The molecule has 0 aromatic heterocycles. The molecular formula is C17H27NOS. The molecule has 1 saturated carbocycles. The SMILES string of the molecule is CNC1CCC(c2ccccc2)CC1SCC(C)CO. The van der Waals surface area contributed by atoms with Gasteiger partial charge in [0.2, 0.25) is 0 Å². The van der Waals surface area contributed by atoms with E-state index in [0.29, 0.717) is 29.7 Å². The Bertz CT molecular complexity index is 384. The molecule has 0 heterocycles. The van der Waals surface area contributed by atoms with Gasteiger partial charge in [0.25, 0.3) is 0 Å². The van der Waals surface area contributed by atoms with Crippen LogP contribution in [-0.2, 0) is 0 Å². The first-order valence-corrected chi connectivity index (χ1v) is 8.74. The van der Waals surface area contributed by atoms with E-state index in [1.807, 2.05) is 11.8 Å². The minimum absolute atomic E-state index is 0.298. The van der Waals surface area contributed by atoms with Crippen LogP contribution in [0, 0.1) is 5.92 Å². The standard InChI is InChI=1S/C17H27NOS/c1-13(11-19)12-20-17-10-15(8-9-16(17)18-2)14-6-4-3-5-7-14/h3-7,13,15-19H,8-12H2,1-2H3. The van der Waals surface area contributed by atoms with Crippen molar-refractivity contribution < 1.29 is 5.11 Å². The molecule has 20 heavy (non-hydrogen) atoms. The molecule has 0 saturated heterocycles. The molecule has 1 aromatic rings. The maximum absolute atomic E-state index is 9.19. The first-order valence-electron chi connectivity index (χ1n) is 7.69. The van der Waals surface area contributed by atoms with Crippen LogP contribution in [0.1, 0.15) is 37.7 Å². The molecule has 4 unspecified atom stereocenters. The number of rotatable bonds is 6. The second-order valence-electron chi connectivity index (χ2n) is 5.98. The van der Waals surface area contributed by atoms with Gasteiger partial charge in [-0.05, 0) is 49.5 Å². The van der Waals surface area contributed by atoms with E-state index in [1.165, 1.54) is 24.8 Å². The molecule has 1 aliphatic rings. The zero-order valence-electron chi connectivity index (χ0n) is 12.6. The molecule has 0 aliphatic heterocycles. The summed E-state index contributed by atoms with van der Waals surface area (Å²) in [6.45, 7) is 2.42. The summed E-state index contributed by atoms with van der Waals surface area (Å²) in [5.74, 6) is 2.15. The van der Waals surface area contributed by atoms with Gasteiger partial charge in [0.1, 0.15) is 0 Å². The third-order valence-electron chi connectivity index (χ3n) is 4.34. The minimum atomic E-state index is 0.298. The van der Waals surface area contributed by atoms with E-state index in [9.17, 15) is 5.11 Å². The summed E-state index contributed by atoms with van der Waals surface area (Å²) in [6, 6.07) is 11.5. The van der Waals surface area contributed by atoms with E-state index >= 15 is 0 Å². The van der Waals surface area contributed by atoms with E-state index in [-0.39, 0.29) is 0 Å². The van der Waals surface area contributed by atoms with Gasteiger partial charge in [0, 0.05) is 17.9 Å². The zero-order chi connectivity index (χ0) is 14.4. The van der Waals surface area contributed by atoms with Crippen LogP contribution < -0.4 is 5.32 Å². The van der Waals surface area contributed by atoms with E-state index in [2.05, 4.69) is 49.6 Å². The largest absolute Gasteiger partial charge is 0.396 e. The number of aliphatic hydroxyl groups excluding tert-OH is 1. The zero-order valence-corrected chi connectivity index (χ0v) is 13.4. The lowest BCUT2D eigenvalue weighted by Gasteiger charge is -2.36. The van der Waals surface area contributed by atoms with Crippen molar-refractivity contribution in [3.63, 3.8) is 0 Å². The van der Waals surface area contributed by atoms with Crippen LogP contribution in [0.4, 0.5) is 0 Å². The summed E-state index contributed by atoms with van der Waals surface area (Å²) in [7, 11) is 2.08. The molecule has 0 amide bonds. The van der Waals surface area contributed by atoms with Gasteiger partial charge in [-0.25, -0.2) is 0 Å². The highest BCUT2D eigenvalue weighted by Gasteiger charge is 2.30. The van der Waals surface area contributed by atoms with Gasteiger partial charge in [0.15, 0.2) is 0 Å². The molecule has 112 valence electrons. The van der Waals surface area contributed by atoms with E-state index in [0.717, 1.165) is 5.75 Å². The topological polar surface area (TPSA) is 32.3 Å². The lowest BCUT2D eigenvalue weighted by molar-refractivity contribution is 0.250. The highest BCUT2D eigenvalue weighted by Crippen LogP contribution is 2.38. The predicted molar refractivity (Wildman–Crippen MR) is 88.4 cm³/mol. The van der Waals surface area contributed by atoms with Gasteiger partial charge in [-0.1, -0.05) is 37.3 Å². The summed E-state index contributed by atoms with van der Waals surface area (Å²) in [5, 5.41) is 13.3. The highest BCUT2D eigenvalue weighted by atomic mass is 32.2. The second-order valence-corrected chi connectivity index (χ2v) is 7.25. The Balaban J connectivity index is 1.96. The normalized spacial score (nSPS) is 28.2. The number of hydrogen-bond donors (Lipinski definition) is 2. The van der Waals surface area contributed by atoms with E-state index < -0.39 is 0 Å². The summed E-state index contributed by atoms with van der Waals surface area (Å²) >= 11 is 2.04. The predicted octanol–water partition coefficient (Wildman–Crippen LogP) is 3.27. The molecule has 1 aromatic carbocycles. The monoisotopic (exact) mass is 293 g/mol. The maximum Gasteiger partial charge on any atom is 0.0464 e. The van der Waals surface area contributed by atoms with Crippen LogP contribution in [0.2, 0.25) is 0 Å². The molecule has 2 rings (SSSR count). The summed E-state index contributed by atoms with van der Waals surface area (Å²) in [6.07, 6.45) is 3.78. The summed E-state index contributed by atoms with van der Waals surface area (Å²) < 4.78 is 0. The van der Waals surface area contributed by atoms with Crippen molar-refractivity contribution in [1.82, 2.24) is 5.32 Å². The maximum atomic E-state index is 9.19. The summed E-state index contributed by atoms with van der Waals surface area (Å²) in [4.78, 5) is 0. The molecule has 1 aliphatic carbocycles. The van der Waals surface area contributed by atoms with Crippen molar-refractivity contribution in [2.24, 2.45) is 5.92 Å². The van der Waals surface area contributed by atoms with Gasteiger partial charge in [-0.15, -0.1) is 0 Å². The second kappa shape index (κ2) is 8.06. The van der Waals surface area contributed by atoms with Crippen LogP contribution in [0.3, 0.4) is 0 Å². The average Bonchev–Trinajstić information content (AvgIpc) is 2.53. The van der Waals surface area contributed by atoms with Gasteiger partial charge in [-0.3, -0.25) is 0 Å². The Hall–Kier alpha value is -0.510. The Morgan fingerprint density at radius 3 is 2.70 bits per heavy atom. The Labute approximate surface area is 127 Å². The van der Waals surface area contributed by atoms with Crippen molar-refractivity contribution in [3.8, 4) is 0 Å². The third kappa shape index (κ3) is 4.24. The van der Waals surface area contributed by atoms with E-state index in [4.69, 9.17) is 0 Å². The average molecular weight is 293 g/mol. The van der Waals surface area contributed by atoms with Gasteiger partial charge < -0.3 is 10.4 Å². The van der Waals surface area contributed by atoms with Crippen LogP contribution in [0.25, 0.3) is 0 Å². The molecule has 3 heteroatoms. The van der Waals surface area contributed by atoms with E-state index in [1.54, 1.807) is 0 Å². The molecule has 2 nitrogen and oxygen atoms in total. The van der Waals surface area contributed by atoms with Crippen molar-refractivity contribution in [2.45, 2.75) is 43.4 Å². The number of benzene rings is 1. The van der Waals surface area contributed by atoms with Crippen LogP contribution in [0.15, 0.2) is 30.3 Å². The molecule has 4 atom stereocenters. The van der Waals surface area contributed by atoms with Gasteiger partial charge in [0.05, 0.1) is 0 Å². The molecule has 2 N–H and O–H groups in total. The van der Waals surface area contributed by atoms with Crippen molar-refractivity contribution in [1.29, 1.82) is 0 Å². The highest BCUT2D eigenvalue weighted by molar-refractivity contribution is 7.99. The van der Waals surface area contributed by atoms with Crippen LogP contribution >= 0.6 is 11.8 Å². The fourth-order valence-electron chi connectivity index (χ4n) is 3.01. The Kier molecular flexibility index (Phi) is 6.40. The number of nitrogens with one attached hydrogen (secondary N) is 1. The first-order chi connectivity index (χ1) is 9.74. The fourth-order valence-corrected chi connectivity index (χ4v) is 4.57. The third-order valence-corrected chi connectivity index (χ3v) is 6.05. The number of thioether (sulfide) groups is 1. The fraction of sp³-hybridized carbons (Fsp3) is 0.647. The smallest absolute Gasteiger partial charge is 0.0464 e. The lowest BCUT2D eigenvalue weighted by atomic mass is 9.81. The van der Waals surface area contributed by atoms with Crippen LogP contribution in [-0.4, -0.2) is 35.8 Å². The Morgan fingerprint density at radius 1 is 1.30 bits per heavy atom. The van der Waals surface area contributed by atoms with Crippen LogP contribution in [0.5, 0.6) is 0 Å². The molecule has 0 bridgehead atoms. The molecule has 0 radical (unpaired) electrons. The molecular weight excluding hydrogens is 266 g/mol. The molecule has 1 fully saturated rings. The molecule has 0 spiro atoms. The van der Waals surface area contributed by atoms with Crippen molar-refractivity contribution in [2.75, 3.05) is 19.4 Å². The van der Waals surface area contributed by atoms with Crippen molar-refractivity contribution in [3.05, 3.63) is 35.9 Å². The Morgan fingerprint density at radius 2 is 2.05 bits per heavy atom. The van der Waals surface area contributed by atoms with Gasteiger partial charge in [-0.2, -0.15) is 11.8 Å². The number of hydrogen-bond acceptors (Lipinski definition) is 3. The minimum Gasteiger partial charge on any atom is -0.396 e. The first kappa shape index (κ1) is 15.9.